The Bertz CT molecular complexity index is 797. The van der Waals surface area contributed by atoms with Crippen molar-refractivity contribution in [1.29, 1.82) is 0 Å². The van der Waals surface area contributed by atoms with Crippen molar-refractivity contribution in [2.24, 2.45) is 0 Å². The largest absolute Gasteiger partial charge is 0.488 e. The zero-order chi connectivity index (χ0) is 18.6. The highest BCUT2D eigenvalue weighted by Gasteiger charge is 2.25. The van der Waals surface area contributed by atoms with Crippen LogP contribution in [-0.4, -0.2) is 29.3 Å². The van der Waals surface area contributed by atoms with Crippen LogP contribution in [0.1, 0.15) is 36.8 Å². The van der Waals surface area contributed by atoms with E-state index < -0.39 is 6.10 Å². The van der Waals surface area contributed by atoms with Crippen LogP contribution in [0, 0.1) is 0 Å². The van der Waals surface area contributed by atoms with Crippen molar-refractivity contribution < 1.29 is 14.6 Å². The Labute approximate surface area is 171 Å². The van der Waals surface area contributed by atoms with Gasteiger partial charge in [0.15, 0.2) is 0 Å². The molecule has 1 amide bonds. The minimum atomic E-state index is -0.390. The summed E-state index contributed by atoms with van der Waals surface area (Å²) < 4.78 is 5.91. The summed E-state index contributed by atoms with van der Waals surface area (Å²) in [5.74, 6) is 0.699. The first-order valence-electron chi connectivity index (χ1n) is 9.75. The van der Waals surface area contributed by atoms with Crippen LogP contribution in [0.2, 0.25) is 0 Å². The lowest BCUT2D eigenvalue weighted by atomic mass is 9.95. The summed E-state index contributed by atoms with van der Waals surface area (Å²) in [6.45, 7) is 0.713. The van der Waals surface area contributed by atoms with Crippen LogP contribution < -0.4 is 15.4 Å². The molecule has 0 radical (unpaired) electrons. The lowest BCUT2D eigenvalue weighted by molar-refractivity contribution is -0.118. The molecule has 4 rings (SSSR count). The maximum absolute atomic E-state index is 12.6. The molecule has 1 heterocycles. The Hall–Kier alpha value is -2.08. The number of hydrogen-bond acceptors (Lipinski definition) is 4. The van der Waals surface area contributed by atoms with E-state index in [0.717, 1.165) is 37.1 Å². The predicted octanol–water partition coefficient (Wildman–Crippen LogP) is 3.44. The summed E-state index contributed by atoms with van der Waals surface area (Å²) in [5.41, 5.74) is 3.23. The number of aliphatic hydroxyl groups is 1. The van der Waals surface area contributed by atoms with Gasteiger partial charge in [0.2, 0.25) is 5.91 Å². The van der Waals surface area contributed by atoms with Crippen LogP contribution in [0.25, 0.3) is 0 Å². The van der Waals surface area contributed by atoms with Crippen molar-refractivity contribution in [3.63, 3.8) is 0 Å². The summed E-state index contributed by atoms with van der Waals surface area (Å²) in [6, 6.07) is 15.4. The van der Waals surface area contributed by atoms with Crippen LogP contribution in [0.5, 0.6) is 5.75 Å². The molecule has 0 saturated heterocycles. The van der Waals surface area contributed by atoms with Crippen molar-refractivity contribution in [2.75, 3.05) is 5.32 Å². The number of hydrogen-bond donors (Lipinski definition) is 3. The Morgan fingerprint density at radius 3 is 2.50 bits per heavy atom. The second-order valence-corrected chi connectivity index (χ2v) is 7.43. The number of ether oxygens (including phenoxy) is 1. The number of amides is 1. The molecule has 0 aromatic heterocycles. The molecule has 6 heteroatoms. The smallest absolute Gasteiger partial charge is 0.241 e. The quantitative estimate of drug-likeness (QED) is 0.732. The monoisotopic (exact) mass is 402 g/mol. The van der Waals surface area contributed by atoms with Crippen molar-refractivity contribution in [3.8, 4) is 5.75 Å². The third kappa shape index (κ3) is 4.85. The van der Waals surface area contributed by atoms with Crippen LogP contribution in [-0.2, 0) is 17.8 Å². The molecule has 2 aliphatic rings. The molecule has 1 aliphatic carbocycles. The first-order chi connectivity index (χ1) is 13.2. The van der Waals surface area contributed by atoms with Gasteiger partial charge in [-0.1, -0.05) is 30.7 Å². The summed E-state index contributed by atoms with van der Waals surface area (Å²) in [5, 5.41) is 16.3. The average Bonchev–Trinajstić information content (AvgIpc) is 2.71. The maximum Gasteiger partial charge on any atom is 0.241 e. The minimum Gasteiger partial charge on any atom is -0.488 e. The van der Waals surface area contributed by atoms with Gasteiger partial charge in [-0.3, -0.25) is 4.79 Å². The lowest BCUT2D eigenvalue weighted by Gasteiger charge is -2.28. The van der Waals surface area contributed by atoms with Gasteiger partial charge in [0, 0.05) is 12.2 Å². The normalized spacial score (nSPS) is 23.8. The van der Waals surface area contributed by atoms with E-state index in [9.17, 15) is 9.90 Å². The molecule has 3 unspecified atom stereocenters. The number of rotatable bonds is 4. The number of carbonyl (C=O) groups excluding carboxylic acids is 1. The Kier molecular flexibility index (Phi) is 6.94. The van der Waals surface area contributed by atoms with Crippen molar-refractivity contribution in [1.82, 2.24) is 5.32 Å². The van der Waals surface area contributed by atoms with Gasteiger partial charge in [0.25, 0.3) is 0 Å². The SMILES string of the molecule is Cl.O=C(Nc1ccc(OC2CCCCC2O)cc1)C1Cc2ccccc2CN1. The first kappa shape index (κ1) is 20.6. The minimum absolute atomic E-state index is 0. The van der Waals surface area contributed by atoms with Crippen LogP contribution in [0.4, 0.5) is 5.69 Å². The summed E-state index contributed by atoms with van der Waals surface area (Å²) in [7, 11) is 0. The van der Waals surface area contributed by atoms with Crippen LogP contribution in [0.15, 0.2) is 48.5 Å². The predicted molar refractivity (Wildman–Crippen MR) is 112 cm³/mol. The fraction of sp³-hybridized carbons (Fsp3) is 0.409. The molecule has 28 heavy (non-hydrogen) atoms. The lowest BCUT2D eigenvalue weighted by Crippen LogP contribution is -2.44. The zero-order valence-electron chi connectivity index (χ0n) is 15.8. The van der Waals surface area contributed by atoms with Crippen molar-refractivity contribution >= 4 is 24.0 Å². The number of benzene rings is 2. The Balaban J connectivity index is 0.00000225. The van der Waals surface area contributed by atoms with Gasteiger partial charge in [-0.25, -0.2) is 0 Å². The topological polar surface area (TPSA) is 70.6 Å². The van der Waals surface area contributed by atoms with E-state index in [-0.39, 0.29) is 30.5 Å². The number of halogens is 1. The molecule has 3 atom stereocenters. The third-order valence-electron chi connectivity index (χ3n) is 5.47. The second kappa shape index (κ2) is 9.41. The molecule has 1 aliphatic heterocycles. The van der Waals surface area contributed by atoms with Gasteiger partial charge >= 0.3 is 0 Å². The van der Waals surface area contributed by atoms with Gasteiger partial charge < -0.3 is 20.5 Å². The first-order valence-corrected chi connectivity index (χ1v) is 9.75. The van der Waals surface area contributed by atoms with Crippen molar-refractivity contribution in [3.05, 3.63) is 59.7 Å². The van der Waals surface area contributed by atoms with E-state index in [0.29, 0.717) is 13.0 Å². The number of carbonyl (C=O) groups is 1. The molecular formula is C22H27ClN2O3. The van der Waals surface area contributed by atoms with E-state index in [4.69, 9.17) is 4.74 Å². The maximum atomic E-state index is 12.6. The number of nitrogens with one attached hydrogen (secondary N) is 2. The van der Waals surface area contributed by atoms with Gasteiger partial charge in [-0.05, 0) is 61.1 Å². The summed E-state index contributed by atoms with van der Waals surface area (Å²) in [6.07, 6.45) is 4.01. The Morgan fingerprint density at radius 2 is 1.75 bits per heavy atom. The molecule has 2 aromatic carbocycles. The van der Waals surface area contributed by atoms with Gasteiger partial charge in [0.05, 0.1) is 12.1 Å². The highest BCUT2D eigenvalue weighted by molar-refractivity contribution is 5.95. The van der Waals surface area contributed by atoms with E-state index in [1.165, 1.54) is 11.1 Å². The fourth-order valence-electron chi connectivity index (χ4n) is 3.88. The fourth-order valence-corrected chi connectivity index (χ4v) is 3.88. The van der Waals surface area contributed by atoms with Gasteiger partial charge in [-0.15, -0.1) is 12.4 Å². The number of aliphatic hydroxyl groups excluding tert-OH is 1. The summed E-state index contributed by atoms with van der Waals surface area (Å²) in [4.78, 5) is 12.6. The molecule has 0 bridgehead atoms. The molecule has 2 aromatic rings. The summed E-state index contributed by atoms with van der Waals surface area (Å²) >= 11 is 0. The molecular weight excluding hydrogens is 376 g/mol. The van der Waals surface area contributed by atoms with Crippen LogP contribution >= 0.6 is 12.4 Å². The second-order valence-electron chi connectivity index (χ2n) is 7.43. The molecule has 1 saturated carbocycles. The highest BCUT2D eigenvalue weighted by Crippen LogP contribution is 2.25. The van der Waals surface area contributed by atoms with Gasteiger partial charge in [-0.2, -0.15) is 0 Å². The zero-order valence-corrected chi connectivity index (χ0v) is 16.6. The average molecular weight is 403 g/mol. The van der Waals surface area contributed by atoms with E-state index in [1.54, 1.807) is 0 Å². The highest BCUT2D eigenvalue weighted by atomic mass is 35.5. The van der Waals surface area contributed by atoms with Crippen molar-refractivity contribution in [2.45, 2.75) is 56.9 Å². The molecule has 0 spiro atoms. The van der Waals surface area contributed by atoms with E-state index in [1.807, 2.05) is 36.4 Å². The van der Waals surface area contributed by atoms with E-state index >= 15 is 0 Å². The molecule has 5 nitrogen and oxygen atoms in total. The molecule has 150 valence electrons. The third-order valence-corrected chi connectivity index (χ3v) is 5.47. The van der Waals surface area contributed by atoms with E-state index in [2.05, 4.69) is 22.8 Å². The molecule has 1 fully saturated rings. The standard InChI is InChI=1S/C22H26N2O3.ClH/c25-20-7-3-4-8-21(20)27-18-11-9-17(10-12-18)24-22(26)19-13-15-5-1-2-6-16(15)14-23-19;/h1-2,5-6,9-12,19-21,23,25H,3-4,7-8,13-14H2,(H,24,26);1H. The van der Waals surface area contributed by atoms with Crippen LogP contribution in [0.3, 0.4) is 0 Å². The number of fused-ring (bicyclic) bond motifs is 1. The van der Waals surface area contributed by atoms with Gasteiger partial charge in [0.1, 0.15) is 11.9 Å². The Morgan fingerprint density at radius 1 is 1.04 bits per heavy atom. The number of anilines is 1. The molecule has 3 N–H and O–H groups in total.